The Hall–Kier alpha value is -0.860. The molecule has 0 saturated carbocycles. The monoisotopic (exact) mass is 368 g/mol. The molecule has 0 amide bonds. The highest BCUT2D eigenvalue weighted by molar-refractivity contribution is 5.13. The van der Waals surface area contributed by atoms with Gasteiger partial charge in [0.05, 0.1) is 6.61 Å². The van der Waals surface area contributed by atoms with Crippen molar-refractivity contribution >= 4 is 0 Å². The Bertz CT molecular complexity index is 332. The van der Waals surface area contributed by atoms with E-state index in [0.717, 1.165) is 25.6 Å². The molecule has 0 aromatic heterocycles. The lowest BCUT2D eigenvalue weighted by atomic mass is 10.1. The van der Waals surface area contributed by atoms with Crippen molar-refractivity contribution < 1.29 is 9.84 Å². The molecule has 26 heavy (non-hydrogen) atoms. The molecule has 0 heterocycles. The van der Waals surface area contributed by atoms with E-state index in [-0.39, 0.29) is 7.43 Å². The van der Waals surface area contributed by atoms with Crippen molar-refractivity contribution in [1.82, 2.24) is 0 Å². The molecule has 2 atom stereocenters. The first-order valence-corrected chi connectivity index (χ1v) is 10.2. The summed E-state index contributed by atoms with van der Waals surface area (Å²) in [7, 11) is 0. The van der Waals surface area contributed by atoms with Crippen LogP contribution in [0.3, 0.4) is 0 Å². The van der Waals surface area contributed by atoms with Gasteiger partial charge in [-0.05, 0) is 23.3 Å². The van der Waals surface area contributed by atoms with Crippen molar-refractivity contribution in [3.05, 3.63) is 35.9 Å². The second kappa shape index (κ2) is 22.2. The lowest BCUT2D eigenvalue weighted by molar-refractivity contribution is 0.0910. The summed E-state index contributed by atoms with van der Waals surface area (Å²) < 4.78 is 5.57. The molecular formula is C24H48O2. The molecule has 2 heteroatoms. The van der Waals surface area contributed by atoms with Crippen LogP contribution < -0.4 is 0 Å². The fourth-order valence-corrected chi connectivity index (χ4v) is 1.49. The molecule has 2 nitrogen and oxygen atoms in total. The normalized spacial score (nSPS) is 12.0. The van der Waals surface area contributed by atoms with Crippen LogP contribution in [-0.2, 0) is 11.3 Å². The fraction of sp³-hybridized carbons (Fsp3) is 0.750. The molecule has 0 spiro atoms. The fourth-order valence-electron chi connectivity index (χ4n) is 1.49. The molecule has 0 bridgehead atoms. The lowest BCUT2D eigenvalue weighted by Crippen LogP contribution is -2.04. The Labute approximate surface area is 165 Å². The highest BCUT2D eigenvalue weighted by Crippen LogP contribution is 2.05. The van der Waals surface area contributed by atoms with Gasteiger partial charge in [0, 0.05) is 13.2 Å². The summed E-state index contributed by atoms with van der Waals surface area (Å²) in [6.45, 7) is 17.2. The van der Waals surface area contributed by atoms with Gasteiger partial charge < -0.3 is 9.84 Å². The van der Waals surface area contributed by atoms with E-state index in [0.29, 0.717) is 18.4 Å². The van der Waals surface area contributed by atoms with Crippen LogP contribution in [0.4, 0.5) is 0 Å². The number of aliphatic hydroxyl groups excluding tert-OH is 1. The van der Waals surface area contributed by atoms with E-state index in [1.807, 2.05) is 25.1 Å². The molecule has 0 aliphatic rings. The molecule has 0 fully saturated rings. The minimum absolute atomic E-state index is 0. The Morgan fingerprint density at radius 3 is 1.54 bits per heavy atom. The maximum atomic E-state index is 8.33. The summed E-state index contributed by atoms with van der Waals surface area (Å²) in [5, 5.41) is 8.33. The smallest absolute Gasteiger partial charge is 0.0717 e. The van der Waals surface area contributed by atoms with Crippen molar-refractivity contribution in [3.8, 4) is 0 Å². The molecule has 1 aromatic rings. The second-order valence-electron chi connectivity index (χ2n) is 7.13. The molecule has 0 aliphatic heterocycles. The Morgan fingerprint density at radius 2 is 1.23 bits per heavy atom. The van der Waals surface area contributed by atoms with Gasteiger partial charge in [-0.25, -0.2) is 0 Å². The minimum atomic E-state index is 0. The number of ether oxygens (including phenoxy) is 1. The maximum absolute atomic E-state index is 8.33. The summed E-state index contributed by atoms with van der Waals surface area (Å²) in [5.74, 6) is 2.10. The van der Waals surface area contributed by atoms with E-state index < -0.39 is 0 Å². The molecular weight excluding hydrogens is 320 g/mol. The van der Waals surface area contributed by atoms with E-state index >= 15 is 0 Å². The number of hydrogen-bond acceptors (Lipinski definition) is 2. The van der Waals surface area contributed by atoms with E-state index in [4.69, 9.17) is 9.84 Å². The highest BCUT2D eigenvalue weighted by atomic mass is 16.5. The Balaban J connectivity index is -0.000000345. The SMILES string of the molecule is C.CCC(C)CC.CCC(C)CO.CCC(C)COCc1ccccc1. The van der Waals surface area contributed by atoms with Crippen LogP contribution >= 0.6 is 0 Å². The largest absolute Gasteiger partial charge is 0.396 e. The maximum Gasteiger partial charge on any atom is 0.0717 e. The highest BCUT2D eigenvalue weighted by Gasteiger charge is 1.98. The van der Waals surface area contributed by atoms with Crippen LogP contribution in [0, 0.1) is 17.8 Å². The Morgan fingerprint density at radius 1 is 0.769 bits per heavy atom. The average Bonchev–Trinajstić information content (AvgIpc) is 2.68. The molecule has 2 unspecified atom stereocenters. The van der Waals surface area contributed by atoms with Gasteiger partial charge in [0.2, 0.25) is 0 Å². The number of rotatable bonds is 9. The second-order valence-corrected chi connectivity index (χ2v) is 7.13. The van der Waals surface area contributed by atoms with Crippen molar-refractivity contribution in [3.63, 3.8) is 0 Å². The summed E-state index contributed by atoms with van der Waals surface area (Å²) in [6, 6.07) is 10.3. The summed E-state index contributed by atoms with van der Waals surface area (Å²) in [4.78, 5) is 0. The third-order valence-electron chi connectivity index (χ3n) is 4.61. The minimum Gasteiger partial charge on any atom is -0.396 e. The first-order chi connectivity index (χ1) is 11.9. The molecule has 1 aromatic carbocycles. The zero-order chi connectivity index (χ0) is 19.5. The third kappa shape index (κ3) is 21.2. The Kier molecular flexibility index (Phi) is 25.5. The number of benzene rings is 1. The predicted octanol–water partition coefficient (Wildman–Crippen LogP) is 7.35. The van der Waals surface area contributed by atoms with Crippen molar-refractivity contribution in [2.24, 2.45) is 17.8 Å². The van der Waals surface area contributed by atoms with Gasteiger partial charge in [-0.2, -0.15) is 0 Å². The lowest BCUT2D eigenvalue weighted by Gasteiger charge is -2.08. The van der Waals surface area contributed by atoms with Gasteiger partial charge in [-0.15, -0.1) is 0 Å². The van der Waals surface area contributed by atoms with Crippen LogP contribution in [0.5, 0.6) is 0 Å². The predicted molar refractivity (Wildman–Crippen MR) is 119 cm³/mol. The summed E-state index contributed by atoms with van der Waals surface area (Å²) >= 11 is 0. The van der Waals surface area contributed by atoms with E-state index in [2.05, 4.69) is 53.7 Å². The van der Waals surface area contributed by atoms with Gasteiger partial charge >= 0.3 is 0 Å². The van der Waals surface area contributed by atoms with Crippen molar-refractivity contribution in [1.29, 1.82) is 0 Å². The molecule has 0 radical (unpaired) electrons. The zero-order valence-corrected chi connectivity index (χ0v) is 17.9. The molecule has 0 aliphatic carbocycles. The topological polar surface area (TPSA) is 29.5 Å². The zero-order valence-electron chi connectivity index (χ0n) is 17.9. The van der Waals surface area contributed by atoms with Gasteiger partial charge in [0.15, 0.2) is 0 Å². The van der Waals surface area contributed by atoms with Gasteiger partial charge in [-0.1, -0.05) is 112 Å². The quantitative estimate of drug-likeness (QED) is 0.493. The molecule has 156 valence electrons. The number of hydrogen-bond donors (Lipinski definition) is 1. The van der Waals surface area contributed by atoms with Crippen molar-refractivity contribution in [2.75, 3.05) is 13.2 Å². The standard InChI is InChI=1S/C12H18O.C6H14.C5H12O.CH4/c1-3-11(2)9-13-10-12-7-5-4-6-8-12;1-4-6(3)5-2;1-3-5(2)4-6;/h4-8,11H,3,9-10H2,1-2H3;6H,4-5H2,1-3H3;5-6H,3-4H2,1-2H3;1H4. The average molecular weight is 369 g/mol. The van der Waals surface area contributed by atoms with Crippen LogP contribution in [0.15, 0.2) is 30.3 Å². The van der Waals surface area contributed by atoms with E-state index in [1.54, 1.807) is 0 Å². The molecule has 0 saturated heterocycles. The first kappa shape index (κ1) is 29.9. The van der Waals surface area contributed by atoms with Crippen LogP contribution in [0.2, 0.25) is 0 Å². The molecule has 1 N–H and O–H groups in total. The summed E-state index contributed by atoms with van der Waals surface area (Å²) in [6.07, 6.45) is 4.93. The first-order valence-electron chi connectivity index (χ1n) is 10.2. The van der Waals surface area contributed by atoms with E-state index in [9.17, 15) is 0 Å². The number of aliphatic hydroxyl groups is 1. The van der Waals surface area contributed by atoms with Gasteiger partial charge in [0.25, 0.3) is 0 Å². The van der Waals surface area contributed by atoms with Gasteiger partial charge in [-0.3, -0.25) is 0 Å². The van der Waals surface area contributed by atoms with Crippen LogP contribution in [-0.4, -0.2) is 18.3 Å². The van der Waals surface area contributed by atoms with E-state index in [1.165, 1.54) is 24.8 Å². The van der Waals surface area contributed by atoms with Gasteiger partial charge in [0.1, 0.15) is 0 Å². The van der Waals surface area contributed by atoms with Crippen LogP contribution in [0.25, 0.3) is 0 Å². The molecule has 1 rings (SSSR count). The third-order valence-corrected chi connectivity index (χ3v) is 4.61. The van der Waals surface area contributed by atoms with Crippen molar-refractivity contribution in [2.45, 2.75) is 88.2 Å². The van der Waals surface area contributed by atoms with Crippen LogP contribution in [0.1, 0.15) is 87.1 Å². The summed E-state index contributed by atoms with van der Waals surface area (Å²) in [5.41, 5.74) is 1.26.